The van der Waals surface area contributed by atoms with Crippen LogP contribution in [0.3, 0.4) is 0 Å². The molecule has 34 heavy (non-hydrogen) atoms. The fourth-order valence-corrected chi connectivity index (χ4v) is 5.06. The molecule has 0 bridgehead atoms. The highest BCUT2D eigenvalue weighted by Gasteiger charge is 2.58. The van der Waals surface area contributed by atoms with Crippen LogP contribution in [0.15, 0.2) is 36.4 Å². The summed E-state index contributed by atoms with van der Waals surface area (Å²) in [6.45, 7) is -0.796. The van der Waals surface area contributed by atoms with Crippen molar-refractivity contribution in [3.8, 4) is 11.1 Å². The Kier molecular flexibility index (Phi) is 6.42. The Labute approximate surface area is 192 Å². The highest BCUT2D eigenvalue weighted by atomic mass is 32.2. The Morgan fingerprint density at radius 3 is 2.32 bits per heavy atom. The molecule has 2 fully saturated rings. The van der Waals surface area contributed by atoms with Gasteiger partial charge in [-0.1, -0.05) is 30.3 Å². The number of sulfonamides is 1. The van der Waals surface area contributed by atoms with Gasteiger partial charge in [-0.15, -0.1) is 0 Å². The van der Waals surface area contributed by atoms with Crippen LogP contribution in [0.1, 0.15) is 12.0 Å². The van der Waals surface area contributed by atoms with Crippen LogP contribution in [0.5, 0.6) is 0 Å². The molecule has 0 unspecified atom stereocenters. The molecule has 0 saturated carbocycles. The average Bonchev–Trinajstić information content (AvgIpc) is 2.94. The number of ether oxygens (including phenoxy) is 1. The van der Waals surface area contributed by atoms with Crippen molar-refractivity contribution in [2.75, 3.05) is 19.4 Å². The van der Waals surface area contributed by atoms with Gasteiger partial charge in [-0.2, -0.15) is 0 Å². The zero-order valence-corrected chi connectivity index (χ0v) is 18.7. The van der Waals surface area contributed by atoms with E-state index in [4.69, 9.17) is 4.74 Å². The van der Waals surface area contributed by atoms with Crippen LogP contribution in [-0.4, -0.2) is 62.7 Å². The summed E-state index contributed by atoms with van der Waals surface area (Å²) < 4.78 is 104. The average molecular weight is 504 g/mol. The molecule has 184 valence electrons. The van der Waals surface area contributed by atoms with Gasteiger partial charge in [-0.25, -0.2) is 35.1 Å². The summed E-state index contributed by atoms with van der Waals surface area (Å²) in [6, 6.07) is 3.55. The maximum Gasteiger partial charge on any atom is 0.283 e. The molecule has 0 spiro atoms. The number of carbonyl (C=O) groups is 1. The van der Waals surface area contributed by atoms with Gasteiger partial charge < -0.3 is 9.64 Å². The van der Waals surface area contributed by atoms with Crippen molar-refractivity contribution >= 4 is 15.9 Å². The fourth-order valence-electron chi connectivity index (χ4n) is 4.27. The third-order valence-corrected chi connectivity index (χ3v) is 6.65. The zero-order valence-electron chi connectivity index (χ0n) is 17.9. The highest BCUT2D eigenvalue weighted by Crippen LogP contribution is 2.37. The van der Waals surface area contributed by atoms with E-state index >= 15 is 4.39 Å². The van der Waals surface area contributed by atoms with E-state index in [2.05, 4.69) is 0 Å². The smallest absolute Gasteiger partial charge is 0.283 e. The number of nitrogens with zero attached hydrogens (tertiary/aromatic N) is 1. The summed E-state index contributed by atoms with van der Waals surface area (Å²) in [7, 11) is -4.12. The first-order chi connectivity index (χ1) is 15.9. The van der Waals surface area contributed by atoms with Gasteiger partial charge in [0, 0.05) is 17.5 Å². The van der Waals surface area contributed by atoms with E-state index < -0.39 is 70.5 Å². The van der Waals surface area contributed by atoms with Crippen molar-refractivity contribution in [3.63, 3.8) is 0 Å². The van der Waals surface area contributed by atoms with Gasteiger partial charge in [0.1, 0.15) is 18.0 Å². The molecule has 12 heteroatoms. The van der Waals surface area contributed by atoms with E-state index in [9.17, 15) is 30.8 Å². The quantitative estimate of drug-likeness (QED) is 0.614. The Bertz CT molecular complexity index is 1220. The molecule has 0 radical (unpaired) electrons. The molecular formula is C22H21F5N2O4S. The number of amides is 1. The van der Waals surface area contributed by atoms with Gasteiger partial charge in [0.2, 0.25) is 10.0 Å². The van der Waals surface area contributed by atoms with Gasteiger partial charge in [0.05, 0.1) is 25.4 Å². The molecule has 4 rings (SSSR count). The predicted molar refractivity (Wildman–Crippen MR) is 112 cm³/mol. The topological polar surface area (TPSA) is 75.7 Å². The van der Waals surface area contributed by atoms with Gasteiger partial charge in [-0.3, -0.25) is 4.79 Å². The highest BCUT2D eigenvalue weighted by molar-refractivity contribution is 7.88. The van der Waals surface area contributed by atoms with E-state index in [1.807, 2.05) is 4.72 Å². The number of likely N-dealkylation sites (tertiary alicyclic amines) is 1. The molecule has 2 aliphatic heterocycles. The minimum Gasteiger partial charge on any atom is -0.368 e. The van der Waals surface area contributed by atoms with Crippen molar-refractivity contribution in [1.29, 1.82) is 0 Å². The van der Waals surface area contributed by atoms with Crippen LogP contribution < -0.4 is 4.72 Å². The number of alkyl halides is 2. The van der Waals surface area contributed by atoms with E-state index in [0.29, 0.717) is 12.7 Å². The molecule has 0 aromatic heterocycles. The summed E-state index contributed by atoms with van der Waals surface area (Å²) in [6.07, 6.45) is -0.417. The lowest BCUT2D eigenvalue weighted by Crippen LogP contribution is -2.54. The molecule has 6 nitrogen and oxygen atoms in total. The van der Waals surface area contributed by atoms with E-state index in [0.717, 1.165) is 11.0 Å². The summed E-state index contributed by atoms with van der Waals surface area (Å²) in [5, 5.41) is 0. The lowest BCUT2D eigenvalue weighted by Gasteiger charge is -2.33. The van der Waals surface area contributed by atoms with Gasteiger partial charge in [0.15, 0.2) is 11.6 Å². The van der Waals surface area contributed by atoms with Gasteiger partial charge in [0.25, 0.3) is 11.8 Å². The molecule has 3 atom stereocenters. The van der Waals surface area contributed by atoms with Crippen LogP contribution in [0.2, 0.25) is 0 Å². The summed E-state index contributed by atoms with van der Waals surface area (Å²) >= 11 is 0. The van der Waals surface area contributed by atoms with Crippen LogP contribution in [0.4, 0.5) is 22.0 Å². The Hall–Kier alpha value is -2.57. The van der Waals surface area contributed by atoms with E-state index in [-0.39, 0.29) is 23.3 Å². The summed E-state index contributed by atoms with van der Waals surface area (Å²) in [5.41, 5.74) is -0.832. The largest absolute Gasteiger partial charge is 0.368 e. The maximum absolute atomic E-state index is 15.4. The van der Waals surface area contributed by atoms with Crippen LogP contribution >= 0.6 is 0 Å². The molecule has 0 aliphatic carbocycles. The lowest BCUT2D eigenvalue weighted by atomic mass is 9.95. The maximum atomic E-state index is 15.4. The molecule has 2 heterocycles. The van der Waals surface area contributed by atoms with Crippen LogP contribution in [0.25, 0.3) is 11.1 Å². The van der Waals surface area contributed by atoms with Crippen LogP contribution in [-0.2, 0) is 26.0 Å². The SMILES string of the molecule is CS(=O)(=O)N[C@@H]1[C@H](Cc2cccc(-c3cccc(F)c3F)c2F)N(C(=O)[C@@H]2CCO2)CC1(F)F. The molecule has 1 amide bonds. The van der Waals surface area contributed by atoms with E-state index in [1.165, 1.54) is 30.3 Å². The van der Waals surface area contributed by atoms with Crippen molar-refractivity contribution in [1.82, 2.24) is 9.62 Å². The third-order valence-electron chi connectivity index (χ3n) is 5.97. The first-order valence-electron chi connectivity index (χ1n) is 10.4. The van der Waals surface area contributed by atoms with Crippen molar-refractivity contribution < 1.29 is 39.9 Å². The Morgan fingerprint density at radius 2 is 1.74 bits per heavy atom. The van der Waals surface area contributed by atoms with Crippen molar-refractivity contribution in [2.24, 2.45) is 0 Å². The predicted octanol–water partition coefficient (Wildman–Crippen LogP) is 2.87. The minimum atomic E-state index is -4.12. The first-order valence-corrected chi connectivity index (χ1v) is 12.3. The number of carbonyl (C=O) groups excluding carboxylic acids is 1. The van der Waals surface area contributed by atoms with E-state index in [1.54, 1.807) is 0 Å². The molecule has 1 N–H and O–H groups in total. The second kappa shape index (κ2) is 8.90. The second-order valence-corrected chi connectivity index (χ2v) is 10.2. The number of benzene rings is 2. The Morgan fingerprint density at radius 1 is 1.12 bits per heavy atom. The van der Waals surface area contributed by atoms with Gasteiger partial charge >= 0.3 is 0 Å². The summed E-state index contributed by atoms with van der Waals surface area (Å²) in [4.78, 5) is 13.6. The molecule has 2 aromatic rings. The molecule has 2 aliphatic rings. The number of hydrogen-bond acceptors (Lipinski definition) is 4. The normalized spacial score (nSPS) is 24.2. The lowest BCUT2D eigenvalue weighted by molar-refractivity contribution is -0.158. The minimum absolute atomic E-state index is 0.170. The molecular weight excluding hydrogens is 483 g/mol. The van der Waals surface area contributed by atoms with Crippen molar-refractivity contribution in [3.05, 3.63) is 59.4 Å². The first kappa shape index (κ1) is 24.6. The summed E-state index contributed by atoms with van der Waals surface area (Å²) in [5.74, 6) is -7.85. The third kappa shape index (κ3) is 4.66. The number of rotatable bonds is 6. The number of hydrogen-bond donors (Lipinski definition) is 1. The zero-order chi connectivity index (χ0) is 24.8. The monoisotopic (exact) mass is 504 g/mol. The Balaban J connectivity index is 1.74. The van der Waals surface area contributed by atoms with Crippen molar-refractivity contribution in [2.45, 2.75) is 37.0 Å². The fraction of sp³-hybridized carbons (Fsp3) is 0.409. The second-order valence-electron chi connectivity index (χ2n) is 8.39. The van der Waals surface area contributed by atoms with Gasteiger partial charge in [-0.05, 0) is 18.1 Å². The molecule has 2 saturated heterocycles. The molecule has 2 aromatic carbocycles. The standard InChI is InChI=1S/C22H21F5N2O4S/c1-34(31,32)28-20-16(29(11-22(20,26)27)21(30)17-8-9-33-17)10-12-4-2-5-13(18(12)24)14-6-3-7-15(23)19(14)25/h2-7,16-17,20,28H,8-11H2,1H3/t16-,17-,20+/m0/s1. The number of halogens is 5. The van der Waals surface area contributed by atoms with Crippen LogP contribution in [0, 0.1) is 17.5 Å². The number of nitrogens with one attached hydrogen (secondary N) is 1.